The number of hydrogen-bond acceptors (Lipinski definition) is 4. The molecule has 1 aromatic heterocycles. The van der Waals surface area contributed by atoms with Crippen molar-refractivity contribution >= 4 is 0 Å². The zero-order chi connectivity index (χ0) is 11.7. The first-order valence-corrected chi connectivity index (χ1v) is 6.11. The second-order valence-electron chi connectivity index (χ2n) is 5.34. The quantitative estimate of drug-likeness (QED) is 0.828. The summed E-state index contributed by atoms with van der Waals surface area (Å²) < 4.78 is 1.94. The molecule has 1 aromatic rings. The van der Waals surface area contributed by atoms with E-state index in [2.05, 4.69) is 29.4 Å². The predicted octanol–water partition coefficient (Wildman–Crippen LogP) is 1.69. The van der Waals surface area contributed by atoms with Crippen molar-refractivity contribution in [2.45, 2.75) is 52.1 Å². The van der Waals surface area contributed by atoms with Gasteiger partial charge in [0.25, 0.3) is 0 Å². The van der Waals surface area contributed by atoms with Crippen LogP contribution in [0.5, 0.6) is 0 Å². The number of nitrogens with zero attached hydrogens (tertiary/aromatic N) is 4. The van der Waals surface area contributed by atoms with Crippen molar-refractivity contribution in [3.05, 3.63) is 5.82 Å². The molecule has 16 heavy (non-hydrogen) atoms. The van der Waals surface area contributed by atoms with Crippen molar-refractivity contribution in [1.29, 1.82) is 0 Å². The number of rotatable bonds is 2. The number of aromatic nitrogens is 4. The molecule has 2 N–H and O–H groups in total. The number of nitrogens with two attached hydrogens (primary N) is 1. The van der Waals surface area contributed by atoms with E-state index in [1.165, 1.54) is 6.42 Å². The van der Waals surface area contributed by atoms with E-state index in [4.69, 9.17) is 5.73 Å². The Labute approximate surface area is 96.4 Å². The Morgan fingerprint density at radius 3 is 2.44 bits per heavy atom. The van der Waals surface area contributed by atoms with Crippen molar-refractivity contribution in [1.82, 2.24) is 20.2 Å². The van der Waals surface area contributed by atoms with E-state index >= 15 is 0 Å². The van der Waals surface area contributed by atoms with Crippen LogP contribution in [-0.4, -0.2) is 20.2 Å². The standard InChI is InChI=1S/C11H21N5/c1-7-4-8(2)6-10(5-7)16-11(9(3)12)13-14-15-16/h7-10H,4-6,12H2,1-3H3. The van der Waals surface area contributed by atoms with Gasteiger partial charge in [-0.05, 0) is 48.4 Å². The second-order valence-corrected chi connectivity index (χ2v) is 5.34. The van der Waals surface area contributed by atoms with Crippen LogP contribution in [0, 0.1) is 11.8 Å². The van der Waals surface area contributed by atoms with Crippen molar-refractivity contribution in [2.24, 2.45) is 17.6 Å². The Hall–Kier alpha value is -0.970. The largest absolute Gasteiger partial charge is 0.322 e. The first-order valence-electron chi connectivity index (χ1n) is 6.11. The molecule has 1 aliphatic rings. The summed E-state index contributed by atoms with van der Waals surface area (Å²) in [6.07, 6.45) is 3.64. The molecule has 0 radical (unpaired) electrons. The van der Waals surface area contributed by atoms with Crippen LogP contribution in [0.25, 0.3) is 0 Å². The fourth-order valence-corrected chi connectivity index (χ4v) is 2.86. The van der Waals surface area contributed by atoms with Gasteiger partial charge in [0.2, 0.25) is 0 Å². The lowest BCUT2D eigenvalue weighted by molar-refractivity contribution is 0.203. The van der Waals surface area contributed by atoms with Gasteiger partial charge in [-0.2, -0.15) is 0 Å². The molecule has 1 fully saturated rings. The molecule has 0 saturated heterocycles. The molecule has 0 amide bonds. The SMILES string of the molecule is CC1CC(C)CC(n2nnnc2C(C)N)C1. The van der Waals surface area contributed by atoms with Crippen LogP contribution >= 0.6 is 0 Å². The Morgan fingerprint density at radius 1 is 1.25 bits per heavy atom. The topological polar surface area (TPSA) is 69.6 Å². The van der Waals surface area contributed by atoms with E-state index in [0.29, 0.717) is 6.04 Å². The van der Waals surface area contributed by atoms with E-state index in [0.717, 1.165) is 30.5 Å². The van der Waals surface area contributed by atoms with Crippen LogP contribution in [0.4, 0.5) is 0 Å². The molecule has 0 bridgehead atoms. The minimum Gasteiger partial charge on any atom is -0.322 e. The highest BCUT2D eigenvalue weighted by Gasteiger charge is 2.28. The van der Waals surface area contributed by atoms with Gasteiger partial charge < -0.3 is 5.73 Å². The lowest BCUT2D eigenvalue weighted by Gasteiger charge is -2.31. The average Bonchev–Trinajstić information content (AvgIpc) is 2.63. The molecule has 5 nitrogen and oxygen atoms in total. The summed E-state index contributed by atoms with van der Waals surface area (Å²) in [5, 5.41) is 11.9. The van der Waals surface area contributed by atoms with Gasteiger partial charge in [-0.3, -0.25) is 0 Å². The molecule has 1 saturated carbocycles. The average molecular weight is 223 g/mol. The lowest BCUT2D eigenvalue weighted by Crippen LogP contribution is -2.26. The first kappa shape index (κ1) is 11.5. The molecule has 3 unspecified atom stereocenters. The Balaban J connectivity index is 2.19. The maximum atomic E-state index is 5.87. The molecule has 3 atom stereocenters. The summed E-state index contributed by atoms with van der Waals surface area (Å²) in [4.78, 5) is 0. The van der Waals surface area contributed by atoms with Gasteiger partial charge in [-0.15, -0.1) is 5.10 Å². The van der Waals surface area contributed by atoms with Crippen molar-refractivity contribution in [2.75, 3.05) is 0 Å². The summed E-state index contributed by atoms with van der Waals surface area (Å²) >= 11 is 0. The third kappa shape index (κ3) is 2.24. The normalized spacial score (nSPS) is 32.6. The van der Waals surface area contributed by atoms with E-state index in [-0.39, 0.29) is 6.04 Å². The maximum absolute atomic E-state index is 5.87. The lowest BCUT2D eigenvalue weighted by atomic mass is 9.80. The third-order valence-corrected chi connectivity index (χ3v) is 3.43. The molecule has 90 valence electrons. The monoisotopic (exact) mass is 223 g/mol. The summed E-state index contributed by atoms with van der Waals surface area (Å²) in [5.41, 5.74) is 5.87. The van der Waals surface area contributed by atoms with E-state index < -0.39 is 0 Å². The highest BCUT2D eigenvalue weighted by molar-refractivity contribution is 4.92. The van der Waals surface area contributed by atoms with Gasteiger partial charge in [0.15, 0.2) is 5.82 Å². The Kier molecular flexibility index (Phi) is 3.23. The van der Waals surface area contributed by atoms with Crippen LogP contribution < -0.4 is 5.73 Å². The Bertz CT molecular complexity index is 336. The number of hydrogen-bond donors (Lipinski definition) is 1. The highest BCUT2D eigenvalue weighted by atomic mass is 15.6. The van der Waals surface area contributed by atoms with Crippen LogP contribution in [-0.2, 0) is 0 Å². The van der Waals surface area contributed by atoms with Crippen LogP contribution in [0.3, 0.4) is 0 Å². The van der Waals surface area contributed by atoms with Gasteiger partial charge in [0, 0.05) is 0 Å². The zero-order valence-corrected chi connectivity index (χ0v) is 10.3. The van der Waals surface area contributed by atoms with Crippen LogP contribution in [0.2, 0.25) is 0 Å². The highest BCUT2D eigenvalue weighted by Crippen LogP contribution is 2.36. The molecular formula is C11H21N5. The van der Waals surface area contributed by atoms with Gasteiger partial charge in [-0.1, -0.05) is 13.8 Å². The maximum Gasteiger partial charge on any atom is 0.167 e. The minimum absolute atomic E-state index is 0.0949. The molecule has 2 rings (SSSR count). The van der Waals surface area contributed by atoms with Crippen LogP contribution in [0.1, 0.15) is 57.9 Å². The van der Waals surface area contributed by atoms with Gasteiger partial charge in [0.1, 0.15) is 0 Å². The van der Waals surface area contributed by atoms with Crippen molar-refractivity contribution < 1.29 is 0 Å². The predicted molar refractivity (Wildman–Crippen MR) is 61.6 cm³/mol. The third-order valence-electron chi connectivity index (χ3n) is 3.43. The molecule has 0 spiro atoms. The fraction of sp³-hybridized carbons (Fsp3) is 0.909. The van der Waals surface area contributed by atoms with E-state index in [1.54, 1.807) is 0 Å². The molecule has 5 heteroatoms. The van der Waals surface area contributed by atoms with E-state index in [9.17, 15) is 0 Å². The minimum atomic E-state index is -0.0949. The first-order chi connectivity index (χ1) is 7.58. The summed E-state index contributed by atoms with van der Waals surface area (Å²) in [6.45, 7) is 6.54. The summed E-state index contributed by atoms with van der Waals surface area (Å²) in [6, 6.07) is 0.331. The molecule has 0 aromatic carbocycles. The Morgan fingerprint density at radius 2 is 1.88 bits per heavy atom. The molecular weight excluding hydrogens is 202 g/mol. The van der Waals surface area contributed by atoms with Crippen molar-refractivity contribution in [3.63, 3.8) is 0 Å². The van der Waals surface area contributed by atoms with Gasteiger partial charge >= 0.3 is 0 Å². The molecule has 1 aliphatic carbocycles. The molecule has 1 heterocycles. The van der Waals surface area contributed by atoms with Gasteiger partial charge in [-0.25, -0.2) is 4.68 Å². The van der Waals surface area contributed by atoms with E-state index in [1.807, 2.05) is 11.6 Å². The number of tetrazole rings is 1. The smallest absolute Gasteiger partial charge is 0.167 e. The fourth-order valence-electron chi connectivity index (χ4n) is 2.86. The summed E-state index contributed by atoms with van der Waals surface area (Å²) in [7, 11) is 0. The second kappa shape index (κ2) is 4.49. The molecule has 0 aliphatic heterocycles. The van der Waals surface area contributed by atoms with Crippen LogP contribution in [0.15, 0.2) is 0 Å². The zero-order valence-electron chi connectivity index (χ0n) is 10.3. The summed E-state index contributed by atoms with van der Waals surface area (Å²) in [5.74, 6) is 2.31. The van der Waals surface area contributed by atoms with Crippen molar-refractivity contribution in [3.8, 4) is 0 Å². The van der Waals surface area contributed by atoms with Gasteiger partial charge in [0.05, 0.1) is 12.1 Å².